The summed E-state index contributed by atoms with van der Waals surface area (Å²) in [5.74, 6) is -1.80. The van der Waals surface area contributed by atoms with Crippen LogP contribution >= 0.6 is 11.3 Å². The fraction of sp³-hybridized carbons (Fsp3) is 0.133. The highest BCUT2D eigenvalue weighted by Crippen LogP contribution is 2.29. The topological polar surface area (TPSA) is 81.4 Å². The summed E-state index contributed by atoms with van der Waals surface area (Å²) >= 11 is 1.13. The summed E-state index contributed by atoms with van der Waals surface area (Å²) in [6.07, 6.45) is 0. The number of carboxylic acid groups (broad SMARTS) is 1. The molecular weight excluding hydrogens is 323 g/mol. The Morgan fingerprint density at radius 3 is 2.70 bits per heavy atom. The number of carbonyl (C=O) groups is 1. The predicted octanol–water partition coefficient (Wildman–Crippen LogP) is 2.68. The average molecular weight is 334 g/mol. The third-order valence-electron chi connectivity index (χ3n) is 3.12. The SMILES string of the molecule is CCOc1nc2cc(C(=O)O)c(=O)n(-c3ccc(F)cc3)c2s1. The number of fused-ring (bicyclic) bond motifs is 1. The van der Waals surface area contributed by atoms with E-state index in [1.165, 1.54) is 34.9 Å². The molecule has 0 saturated heterocycles. The van der Waals surface area contributed by atoms with Gasteiger partial charge in [0.2, 0.25) is 0 Å². The van der Waals surface area contributed by atoms with Crippen molar-refractivity contribution >= 4 is 27.7 Å². The van der Waals surface area contributed by atoms with E-state index in [2.05, 4.69) is 4.98 Å². The van der Waals surface area contributed by atoms with Crippen molar-refractivity contribution in [2.24, 2.45) is 0 Å². The summed E-state index contributed by atoms with van der Waals surface area (Å²) in [6, 6.07) is 6.43. The number of halogens is 1. The molecule has 0 aliphatic heterocycles. The zero-order valence-corrected chi connectivity index (χ0v) is 12.8. The molecule has 1 aromatic carbocycles. The minimum atomic E-state index is -1.35. The molecule has 0 amide bonds. The normalized spacial score (nSPS) is 10.9. The van der Waals surface area contributed by atoms with Crippen LogP contribution in [0.2, 0.25) is 0 Å². The summed E-state index contributed by atoms with van der Waals surface area (Å²) < 4.78 is 19.7. The molecular formula is C15H11FN2O4S. The van der Waals surface area contributed by atoms with Gasteiger partial charge in [-0.3, -0.25) is 9.36 Å². The van der Waals surface area contributed by atoms with Crippen LogP contribution < -0.4 is 10.3 Å². The van der Waals surface area contributed by atoms with Gasteiger partial charge in [-0.25, -0.2) is 14.2 Å². The Labute approximate surface area is 133 Å². The van der Waals surface area contributed by atoms with Gasteiger partial charge in [0.05, 0.1) is 12.3 Å². The van der Waals surface area contributed by atoms with Crippen molar-refractivity contribution in [3.05, 3.63) is 52.1 Å². The van der Waals surface area contributed by atoms with Gasteiger partial charge in [0.15, 0.2) is 0 Å². The van der Waals surface area contributed by atoms with E-state index in [-0.39, 0.29) is 0 Å². The Bertz CT molecular complexity index is 947. The van der Waals surface area contributed by atoms with E-state index in [4.69, 9.17) is 4.74 Å². The van der Waals surface area contributed by atoms with Gasteiger partial charge >= 0.3 is 5.97 Å². The van der Waals surface area contributed by atoms with E-state index in [0.29, 0.717) is 27.8 Å². The fourth-order valence-electron chi connectivity index (χ4n) is 2.13. The van der Waals surface area contributed by atoms with Crippen molar-refractivity contribution in [2.45, 2.75) is 6.92 Å². The van der Waals surface area contributed by atoms with Crippen molar-refractivity contribution in [1.29, 1.82) is 0 Å². The molecule has 0 saturated carbocycles. The van der Waals surface area contributed by atoms with Crippen LogP contribution in [0.15, 0.2) is 35.1 Å². The predicted molar refractivity (Wildman–Crippen MR) is 83.3 cm³/mol. The first-order valence-electron chi connectivity index (χ1n) is 6.70. The van der Waals surface area contributed by atoms with E-state index in [1.807, 2.05) is 0 Å². The number of carboxylic acids is 1. The molecule has 0 fully saturated rings. The molecule has 0 spiro atoms. The van der Waals surface area contributed by atoms with Gasteiger partial charge in [-0.2, -0.15) is 0 Å². The number of hydrogen-bond donors (Lipinski definition) is 1. The molecule has 0 bridgehead atoms. The highest BCUT2D eigenvalue weighted by Gasteiger charge is 2.19. The zero-order valence-electron chi connectivity index (χ0n) is 11.9. The lowest BCUT2D eigenvalue weighted by Crippen LogP contribution is -2.25. The highest BCUT2D eigenvalue weighted by molar-refractivity contribution is 7.19. The number of aromatic nitrogens is 2. The van der Waals surface area contributed by atoms with E-state index < -0.39 is 22.9 Å². The first kappa shape index (κ1) is 15.2. The first-order valence-corrected chi connectivity index (χ1v) is 7.51. The lowest BCUT2D eigenvalue weighted by molar-refractivity contribution is 0.0695. The van der Waals surface area contributed by atoms with Gasteiger partial charge in [0.25, 0.3) is 10.8 Å². The van der Waals surface area contributed by atoms with Crippen LogP contribution in [0.5, 0.6) is 5.19 Å². The van der Waals surface area contributed by atoms with Crippen LogP contribution in [0.4, 0.5) is 4.39 Å². The number of benzene rings is 1. The molecule has 2 heterocycles. The molecule has 0 unspecified atom stereocenters. The molecule has 0 atom stereocenters. The minimum absolute atomic E-state index is 0.333. The molecule has 1 N–H and O–H groups in total. The van der Waals surface area contributed by atoms with Crippen molar-refractivity contribution < 1.29 is 19.0 Å². The minimum Gasteiger partial charge on any atom is -0.477 e. The van der Waals surface area contributed by atoms with Gasteiger partial charge in [0, 0.05) is 0 Å². The maximum Gasteiger partial charge on any atom is 0.341 e. The third kappa shape index (κ3) is 2.68. The molecule has 0 aliphatic carbocycles. The number of aromatic carboxylic acids is 1. The van der Waals surface area contributed by atoms with Crippen molar-refractivity contribution in [3.63, 3.8) is 0 Å². The molecule has 2 aromatic heterocycles. The molecule has 6 nitrogen and oxygen atoms in total. The number of nitrogens with zero attached hydrogens (tertiary/aromatic N) is 2. The molecule has 0 aliphatic rings. The summed E-state index contributed by atoms with van der Waals surface area (Å²) in [7, 11) is 0. The second kappa shape index (κ2) is 5.81. The lowest BCUT2D eigenvalue weighted by atomic mass is 10.2. The number of ether oxygens (including phenoxy) is 1. The second-order valence-corrected chi connectivity index (χ2v) is 5.52. The smallest absolute Gasteiger partial charge is 0.341 e. The Balaban J connectivity index is 2.36. The number of hydrogen-bond acceptors (Lipinski definition) is 5. The summed E-state index contributed by atoms with van der Waals surface area (Å²) in [4.78, 5) is 28.4. The van der Waals surface area contributed by atoms with E-state index in [0.717, 1.165) is 11.3 Å². The number of rotatable bonds is 4. The largest absolute Gasteiger partial charge is 0.477 e. The highest BCUT2D eigenvalue weighted by atomic mass is 32.1. The van der Waals surface area contributed by atoms with Gasteiger partial charge in [-0.05, 0) is 37.3 Å². The van der Waals surface area contributed by atoms with E-state index >= 15 is 0 Å². The monoisotopic (exact) mass is 334 g/mol. The van der Waals surface area contributed by atoms with Crippen molar-refractivity contribution in [3.8, 4) is 10.9 Å². The van der Waals surface area contributed by atoms with Crippen LogP contribution in [0.25, 0.3) is 16.0 Å². The van der Waals surface area contributed by atoms with Gasteiger partial charge in [-0.1, -0.05) is 11.3 Å². The molecule has 0 radical (unpaired) electrons. The average Bonchev–Trinajstić information content (AvgIpc) is 2.90. The van der Waals surface area contributed by atoms with Crippen LogP contribution in [0.3, 0.4) is 0 Å². The fourth-order valence-corrected chi connectivity index (χ4v) is 3.11. The van der Waals surface area contributed by atoms with Crippen LogP contribution in [0.1, 0.15) is 17.3 Å². The van der Waals surface area contributed by atoms with Crippen LogP contribution in [0, 0.1) is 5.82 Å². The van der Waals surface area contributed by atoms with Crippen LogP contribution in [-0.4, -0.2) is 27.2 Å². The quantitative estimate of drug-likeness (QED) is 0.793. The van der Waals surface area contributed by atoms with Gasteiger partial charge < -0.3 is 9.84 Å². The summed E-state index contributed by atoms with van der Waals surface area (Å²) in [6.45, 7) is 2.19. The Morgan fingerprint density at radius 1 is 1.39 bits per heavy atom. The molecule has 23 heavy (non-hydrogen) atoms. The first-order chi connectivity index (χ1) is 11.0. The second-order valence-electron chi connectivity index (χ2n) is 4.58. The molecule has 118 valence electrons. The van der Waals surface area contributed by atoms with Crippen molar-refractivity contribution in [1.82, 2.24) is 9.55 Å². The molecule has 3 rings (SSSR count). The Morgan fingerprint density at radius 2 is 2.09 bits per heavy atom. The lowest BCUT2D eigenvalue weighted by Gasteiger charge is -2.08. The standard InChI is InChI=1S/C15H11FN2O4S/c1-2-22-15-17-11-7-10(14(20)21)12(19)18(13(11)23-15)9-5-3-8(16)4-6-9/h3-7H,2H2,1H3,(H,20,21). The van der Waals surface area contributed by atoms with Gasteiger partial charge in [0.1, 0.15) is 21.7 Å². The zero-order chi connectivity index (χ0) is 16.6. The maximum absolute atomic E-state index is 13.1. The number of thiazole rings is 1. The maximum atomic E-state index is 13.1. The van der Waals surface area contributed by atoms with Gasteiger partial charge in [-0.15, -0.1) is 0 Å². The third-order valence-corrected chi connectivity index (χ3v) is 4.08. The molecule has 8 heteroatoms. The number of pyridine rings is 1. The van der Waals surface area contributed by atoms with Crippen LogP contribution in [-0.2, 0) is 0 Å². The Hall–Kier alpha value is -2.74. The molecule has 3 aromatic rings. The van der Waals surface area contributed by atoms with E-state index in [1.54, 1.807) is 6.92 Å². The van der Waals surface area contributed by atoms with Crippen molar-refractivity contribution in [2.75, 3.05) is 6.61 Å². The summed E-state index contributed by atoms with van der Waals surface area (Å²) in [5, 5.41) is 9.56. The Kier molecular flexibility index (Phi) is 3.83. The summed E-state index contributed by atoms with van der Waals surface area (Å²) in [5.41, 5.74) is -0.422. The van der Waals surface area contributed by atoms with E-state index in [9.17, 15) is 19.1 Å².